The molecule has 1 saturated heterocycles. The Morgan fingerprint density at radius 3 is 2.58 bits per heavy atom. The highest BCUT2D eigenvalue weighted by Gasteiger charge is 2.32. The van der Waals surface area contributed by atoms with Gasteiger partial charge >= 0.3 is 0 Å². The minimum absolute atomic E-state index is 0.00794. The van der Waals surface area contributed by atoms with Crippen LogP contribution in [-0.2, 0) is 17.8 Å². The van der Waals surface area contributed by atoms with Gasteiger partial charge in [0.2, 0.25) is 5.91 Å². The van der Waals surface area contributed by atoms with Crippen LogP contribution in [0.1, 0.15) is 78.9 Å². The zero-order valence-electron chi connectivity index (χ0n) is 20.0. The third-order valence-electron chi connectivity index (χ3n) is 7.10. The predicted molar refractivity (Wildman–Crippen MR) is 134 cm³/mol. The lowest BCUT2D eigenvalue weighted by molar-refractivity contribution is -0.117. The van der Waals surface area contributed by atoms with Gasteiger partial charge in [-0.05, 0) is 72.7 Å². The molecule has 5 nitrogen and oxygen atoms in total. The van der Waals surface area contributed by atoms with Crippen molar-refractivity contribution in [3.05, 3.63) is 64.7 Å². The smallest absolute Gasteiger partial charge is 0.251 e. The van der Waals surface area contributed by atoms with E-state index in [2.05, 4.69) is 42.7 Å². The second kappa shape index (κ2) is 11.0. The van der Waals surface area contributed by atoms with Gasteiger partial charge in [0.25, 0.3) is 5.91 Å². The van der Waals surface area contributed by atoms with E-state index in [9.17, 15) is 9.59 Å². The molecule has 0 spiro atoms. The molecule has 2 amide bonds. The third kappa shape index (κ3) is 5.64. The molecule has 4 rings (SSSR count). The van der Waals surface area contributed by atoms with E-state index in [0.29, 0.717) is 24.4 Å². The second-order valence-electron chi connectivity index (χ2n) is 9.56. The molecule has 2 aliphatic heterocycles. The van der Waals surface area contributed by atoms with Gasteiger partial charge in [-0.15, -0.1) is 0 Å². The fraction of sp³-hybridized carbons (Fsp3) is 0.500. The first kappa shape index (κ1) is 23.5. The highest BCUT2D eigenvalue weighted by atomic mass is 16.2. The monoisotopic (exact) mass is 447 g/mol. The lowest BCUT2D eigenvalue weighted by Gasteiger charge is -2.22. The van der Waals surface area contributed by atoms with E-state index in [1.807, 2.05) is 29.2 Å². The second-order valence-corrected chi connectivity index (χ2v) is 9.56. The Balaban J connectivity index is 1.37. The number of anilines is 1. The number of carbonyl (C=O) groups excluding carboxylic acids is 2. The molecule has 0 aromatic heterocycles. The molecular weight excluding hydrogens is 410 g/mol. The van der Waals surface area contributed by atoms with Gasteiger partial charge in [0, 0.05) is 43.2 Å². The maximum Gasteiger partial charge on any atom is 0.251 e. The highest BCUT2D eigenvalue weighted by molar-refractivity contribution is 5.97. The summed E-state index contributed by atoms with van der Waals surface area (Å²) >= 11 is 0. The Hall–Kier alpha value is -2.66. The van der Waals surface area contributed by atoms with Crippen molar-refractivity contribution in [2.75, 3.05) is 24.5 Å². The first-order valence-corrected chi connectivity index (χ1v) is 12.6. The van der Waals surface area contributed by atoms with E-state index in [4.69, 9.17) is 0 Å². The van der Waals surface area contributed by atoms with Crippen LogP contribution in [-0.4, -0.2) is 31.4 Å². The van der Waals surface area contributed by atoms with Gasteiger partial charge in [0.05, 0.1) is 0 Å². The first-order chi connectivity index (χ1) is 16.1. The summed E-state index contributed by atoms with van der Waals surface area (Å²) in [5, 5.41) is 6.51. The standard InChI is InChI=1S/C28H37N3O2/c1-3-5-20(6-4-2)17-30-28(33)22-9-7-21(8-10-22)25-16-27(32)31(19-25)26-12-11-24-18-29-14-13-23(24)15-26/h7-12,15,20,25,29H,3-6,13-14,16-19H2,1-2H3,(H,30,33). The molecule has 176 valence electrons. The molecule has 2 N–H and O–H groups in total. The molecule has 1 fully saturated rings. The van der Waals surface area contributed by atoms with Crippen molar-refractivity contribution in [3.8, 4) is 0 Å². The molecule has 0 saturated carbocycles. The van der Waals surface area contributed by atoms with Crippen molar-refractivity contribution in [1.82, 2.24) is 10.6 Å². The molecule has 33 heavy (non-hydrogen) atoms. The lowest BCUT2D eigenvalue weighted by atomic mass is 9.96. The number of amides is 2. The Labute approximate surface area is 197 Å². The normalized spacial score (nSPS) is 18.0. The Morgan fingerprint density at radius 2 is 1.85 bits per heavy atom. The molecule has 1 unspecified atom stereocenters. The van der Waals surface area contributed by atoms with E-state index < -0.39 is 0 Å². The van der Waals surface area contributed by atoms with Crippen molar-refractivity contribution in [1.29, 1.82) is 0 Å². The van der Waals surface area contributed by atoms with Crippen molar-refractivity contribution < 1.29 is 9.59 Å². The minimum atomic E-state index is -0.00794. The number of nitrogens with one attached hydrogen (secondary N) is 2. The summed E-state index contributed by atoms with van der Waals surface area (Å²) in [6, 6.07) is 14.3. The summed E-state index contributed by atoms with van der Waals surface area (Å²) in [5.41, 5.74) is 5.50. The Bertz CT molecular complexity index is 964. The average Bonchev–Trinajstić information content (AvgIpc) is 3.24. The van der Waals surface area contributed by atoms with Crippen LogP contribution in [0.15, 0.2) is 42.5 Å². The first-order valence-electron chi connectivity index (χ1n) is 12.6. The highest BCUT2D eigenvalue weighted by Crippen LogP contribution is 2.33. The van der Waals surface area contributed by atoms with Crippen molar-refractivity contribution >= 4 is 17.5 Å². The quantitative estimate of drug-likeness (QED) is 0.581. The van der Waals surface area contributed by atoms with Crippen molar-refractivity contribution in [2.24, 2.45) is 5.92 Å². The average molecular weight is 448 g/mol. The van der Waals surface area contributed by atoms with Crippen molar-refractivity contribution in [3.63, 3.8) is 0 Å². The van der Waals surface area contributed by atoms with Crippen LogP contribution in [0.2, 0.25) is 0 Å². The number of fused-ring (bicyclic) bond motifs is 1. The van der Waals surface area contributed by atoms with E-state index in [-0.39, 0.29) is 17.7 Å². The van der Waals surface area contributed by atoms with Crippen LogP contribution < -0.4 is 15.5 Å². The number of hydrogen-bond acceptors (Lipinski definition) is 3. The molecule has 5 heteroatoms. The number of benzene rings is 2. The summed E-state index contributed by atoms with van der Waals surface area (Å²) in [6.07, 6.45) is 6.13. The topological polar surface area (TPSA) is 61.4 Å². The summed E-state index contributed by atoms with van der Waals surface area (Å²) in [5.74, 6) is 0.879. The van der Waals surface area contributed by atoms with Crippen LogP contribution in [0, 0.1) is 5.92 Å². The largest absolute Gasteiger partial charge is 0.352 e. The molecule has 0 aliphatic carbocycles. The Morgan fingerprint density at radius 1 is 1.09 bits per heavy atom. The summed E-state index contributed by atoms with van der Waals surface area (Å²) in [4.78, 5) is 27.4. The van der Waals surface area contributed by atoms with Gasteiger partial charge in [-0.2, -0.15) is 0 Å². The lowest BCUT2D eigenvalue weighted by Crippen LogP contribution is -2.29. The van der Waals surface area contributed by atoms with Crippen molar-refractivity contribution in [2.45, 2.75) is 64.8 Å². The third-order valence-corrected chi connectivity index (χ3v) is 7.10. The van der Waals surface area contributed by atoms with Crippen LogP contribution in [0.5, 0.6) is 0 Å². The summed E-state index contributed by atoms with van der Waals surface area (Å²) in [6.45, 7) is 7.72. The van der Waals surface area contributed by atoms with Crippen LogP contribution >= 0.6 is 0 Å². The number of carbonyl (C=O) groups is 2. The van der Waals surface area contributed by atoms with E-state index in [0.717, 1.165) is 63.0 Å². The molecular formula is C28H37N3O2. The molecule has 2 aromatic rings. The summed E-state index contributed by atoms with van der Waals surface area (Å²) in [7, 11) is 0. The van der Waals surface area contributed by atoms with Gasteiger partial charge in [-0.1, -0.05) is 44.9 Å². The fourth-order valence-corrected chi connectivity index (χ4v) is 5.22. The van der Waals surface area contributed by atoms with E-state index in [1.54, 1.807) is 0 Å². The Kier molecular flexibility index (Phi) is 7.81. The van der Waals surface area contributed by atoms with Gasteiger partial charge in [-0.3, -0.25) is 9.59 Å². The maximum atomic E-state index is 12.8. The van der Waals surface area contributed by atoms with E-state index in [1.165, 1.54) is 11.1 Å². The maximum absolute atomic E-state index is 12.8. The van der Waals surface area contributed by atoms with Gasteiger partial charge in [0.1, 0.15) is 0 Å². The van der Waals surface area contributed by atoms with Crippen LogP contribution in [0.25, 0.3) is 0 Å². The zero-order valence-corrected chi connectivity index (χ0v) is 20.0. The molecule has 2 heterocycles. The SMILES string of the molecule is CCCC(CCC)CNC(=O)c1ccc(C2CC(=O)N(c3ccc4c(c3)CCNC4)C2)cc1. The molecule has 1 atom stereocenters. The molecule has 0 radical (unpaired) electrons. The van der Waals surface area contributed by atoms with Gasteiger partial charge in [-0.25, -0.2) is 0 Å². The van der Waals surface area contributed by atoms with E-state index >= 15 is 0 Å². The minimum Gasteiger partial charge on any atom is -0.352 e. The zero-order chi connectivity index (χ0) is 23.2. The van der Waals surface area contributed by atoms with Gasteiger partial charge < -0.3 is 15.5 Å². The predicted octanol–water partition coefficient (Wildman–Crippen LogP) is 4.80. The van der Waals surface area contributed by atoms with Gasteiger partial charge in [0.15, 0.2) is 0 Å². The van der Waals surface area contributed by atoms with Crippen LogP contribution in [0.4, 0.5) is 5.69 Å². The fourth-order valence-electron chi connectivity index (χ4n) is 5.22. The molecule has 2 aromatic carbocycles. The number of rotatable bonds is 9. The number of nitrogens with zero attached hydrogens (tertiary/aromatic N) is 1. The molecule has 0 bridgehead atoms. The summed E-state index contributed by atoms with van der Waals surface area (Å²) < 4.78 is 0. The van der Waals surface area contributed by atoms with Crippen LogP contribution in [0.3, 0.4) is 0 Å². The molecule has 2 aliphatic rings. The number of hydrogen-bond donors (Lipinski definition) is 2.